The Morgan fingerprint density at radius 1 is 0.367 bits per heavy atom. The highest BCUT2D eigenvalue weighted by Gasteiger charge is 2.41. The number of carbonyl (C=O) groups excluding carboxylic acids is 7. The normalized spacial score (nSPS) is 14.1. The fourth-order valence-corrected chi connectivity index (χ4v) is 10.6. The average molecular weight is 1310 g/mol. The van der Waals surface area contributed by atoms with Gasteiger partial charge in [-0.1, -0.05) is 78.9 Å². The van der Waals surface area contributed by atoms with Crippen molar-refractivity contribution in [3.05, 3.63) is 263 Å². The van der Waals surface area contributed by atoms with Gasteiger partial charge in [0.1, 0.15) is 47.7 Å². The Morgan fingerprint density at radius 3 is 1.03 bits per heavy atom. The molecule has 1 amide bonds. The highest BCUT2D eigenvalue weighted by Crippen LogP contribution is 2.36. The van der Waals surface area contributed by atoms with Gasteiger partial charge in [-0.25, -0.2) is 14.4 Å². The molecule has 98 heavy (non-hydrogen) atoms. The van der Waals surface area contributed by atoms with Gasteiger partial charge in [0.2, 0.25) is 0 Å². The van der Waals surface area contributed by atoms with E-state index in [4.69, 9.17) is 53.2 Å². The van der Waals surface area contributed by atoms with Crippen molar-refractivity contribution in [2.75, 3.05) is 39.6 Å². The lowest BCUT2D eigenvalue weighted by molar-refractivity contribution is -0.161. The Hall–Kier alpha value is -12.4. The Bertz CT molecular complexity index is 4100. The first-order valence-corrected chi connectivity index (χ1v) is 31.8. The van der Waals surface area contributed by atoms with Gasteiger partial charge in [-0.3, -0.25) is 19.2 Å². The number of nitriles is 2. The molecule has 1 unspecified atom stereocenters. The van der Waals surface area contributed by atoms with E-state index in [1.165, 1.54) is 24.3 Å². The molecule has 19 nitrogen and oxygen atoms in total. The summed E-state index contributed by atoms with van der Waals surface area (Å²) >= 11 is 0. The van der Waals surface area contributed by atoms with E-state index in [9.17, 15) is 33.6 Å². The maximum Gasteiger partial charge on any atom is 0.343 e. The van der Waals surface area contributed by atoms with Crippen LogP contribution in [0.25, 0.3) is 22.3 Å². The van der Waals surface area contributed by atoms with Crippen molar-refractivity contribution in [1.29, 1.82) is 10.5 Å². The zero-order chi connectivity index (χ0) is 68.6. The lowest BCUT2D eigenvalue weighted by Crippen LogP contribution is -2.37. The first-order valence-electron chi connectivity index (χ1n) is 31.8. The molecule has 1 N–H and O–H groups in total. The molecule has 10 rings (SSSR count). The summed E-state index contributed by atoms with van der Waals surface area (Å²) in [4.78, 5) is 92.9. The summed E-state index contributed by atoms with van der Waals surface area (Å²) in [7, 11) is 0. The van der Waals surface area contributed by atoms with Crippen LogP contribution in [0.3, 0.4) is 0 Å². The highest BCUT2D eigenvalue weighted by atomic mass is 16.6. The predicted molar refractivity (Wildman–Crippen MR) is 359 cm³/mol. The van der Waals surface area contributed by atoms with Crippen LogP contribution >= 0.6 is 0 Å². The number of rotatable bonds is 28. The molecular weight excluding hydrogens is 1250 g/mol. The molecule has 0 saturated heterocycles. The molecule has 0 aliphatic heterocycles. The zero-order valence-corrected chi connectivity index (χ0v) is 53.4. The van der Waals surface area contributed by atoms with E-state index >= 15 is 0 Å². The predicted octanol–water partition coefficient (Wildman–Crippen LogP) is 13.9. The number of carbonyl (C=O) groups is 7. The number of nitrogens with one attached hydrogen (secondary N) is 1. The van der Waals surface area contributed by atoms with Crippen molar-refractivity contribution in [1.82, 2.24) is 5.32 Å². The number of nitrogens with zero attached hydrogens (tertiary/aromatic N) is 2. The minimum Gasteiger partial charge on any atom is -0.493 e. The van der Waals surface area contributed by atoms with Gasteiger partial charge in [0, 0.05) is 18.4 Å². The summed E-state index contributed by atoms with van der Waals surface area (Å²) in [6, 6.07) is 67.1. The number of hydrogen-bond acceptors (Lipinski definition) is 18. The Kier molecular flexibility index (Phi) is 23.9. The minimum absolute atomic E-state index is 0.0255. The van der Waals surface area contributed by atoms with Crippen LogP contribution in [0.15, 0.2) is 224 Å². The third kappa shape index (κ3) is 19.6. The first-order chi connectivity index (χ1) is 47.7. The summed E-state index contributed by atoms with van der Waals surface area (Å²) in [6.45, 7) is 1.93. The summed E-state index contributed by atoms with van der Waals surface area (Å²) in [5, 5.41) is 21.1. The summed E-state index contributed by atoms with van der Waals surface area (Å²) < 4.78 is 51.2. The number of benzene rings is 9. The minimum atomic E-state index is -0.866. The third-order valence-electron chi connectivity index (χ3n) is 16.0. The molecule has 0 radical (unpaired) electrons. The van der Waals surface area contributed by atoms with Crippen LogP contribution in [0.5, 0.6) is 34.5 Å². The lowest BCUT2D eigenvalue weighted by atomic mass is 9.75. The van der Waals surface area contributed by atoms with Crippen LogP contribution in [-0.4, -0.2) is 81.4 Å². The summed E-state index contributed by atoms with van der Waals surface area (Å²) in [6.07, 6.45) is 0.781. The molecule has 19 heteroatoms. The second-order valence-electron chi connectivity index (χ2n) is 22.9. The summed E-state index contributed by atoms with van der Waals surface area (Å²) in [5.74, 6) is -4.15. The van der Waals surface area contributed by atoms with E-state index < -0.39 is 53.6 Å². The largest absolute Gasteiger partial charge is 0.493 e. The Labute approximate surface area is 565 Å². The molecule has 4 atom stereocenters. The van der Waals surface area contributed by atoms with Gasteiger partial charge in [-0.2, -0.15) is 10.5 Å². The number of hydrogen-bond donors (Lipinski definition) is 1. The van der Waals surface area contributed by atoms with Crippen LogP contribution in [-0.2, 0) is 28.6 Å². The van der Waals surface area contributed by atoms with Gasteiger partial charge in [-0.05, 0) is 200 Å². The van der Waals surface area contributed by atoms with Crippen LogP contribution in [0.2, 0.25) is 0 Å². The average Bonchev–Trinajstić information content (AvgIpc) is 0.884. The molecule has 0 aromatic heterocycles. The van der Waals surface area contributed by atoms with E-state index in [1.54, 1.807) is 121 Å². The molecule has 1 fully saturated rings. The monoisotopic (exact) mass is 1310 g/mol. The summed E-state index contributed by atoms with van der Waals surface area (Å²) in [5.41, 5.74) is 6.93. The second kappa shape index (κ2) is 34.2. The van der Waals surface area contributed by atoms with Crippen molar-refractivity contribution < 1.29 is 76.2 Å². The molecule has 0 heterocycles. The molecule has 9 aromatic carbocycles. The maximum absolute atomic E-state index is 13.7. The molecule has 0 bridgehead atoms. The van der Waals surface area contributed by atoms with E-state index in [2.05, 4.69) is 17.5 Å². The fraction of sp³-hybridized carbons (Fsp3) is 0.203. The van der Waals surface area contributed by atoms with Gasteiger partial charge in [0.05, 0.1) is 90.2 Å². The topological polar surface area (TPSA) is 262 Å². The highest BCUT2D eigenvalue weighted by molar-refractivity contribution is 5.95. The van der Waals surface area contributed by atoms with Crippen molar-refractivity contribution >= 4 is 41.7 Å². The smallest absolute Gasteiger partial charge is 0.343 e. The van der Waals surface area contributed by atoms with Crippen LogP contribution in [0, 0.1) is 40.4 Å². The third-order valence-corrected chi connectivity index (χ3v) is 16.0. The van der Waals surface area contributed by atoms with E-state index in [0.717, 1.165) is 27.8 Å². The van der Waals surface area contributed by atoms with Gasteiger partial charge in [0.15, 0.2) is 0 Å². The molecular formula is C79H67N3O16. The lowest BCUT2D eigenvalue weighted by Gasteiger charge is -2.31. The molecule has 0 spiro atoms. The van der Waals surface area contributed by atoms with Crippen molar-refractivity contribution in [2.24, 2.45) is 17.8 Å². The SMILES string of the molecule is C[C@@H](NC(=O)c1ccc(OC(=O)c2ccc(OCCOC(=O)C3C[C@@H](C(=O)OCCCOc4ccc(C(=O)Oc5ccc(-c6ccc(C#N)cc6)cc5)cc4)C[C@@H](C(=O)OCCCOc4ccc(C(=O)Oc5ccc(-c6ccc(C#N)cc6)cc5)cc4)C3)cc2)cc1)c1ccccc1. The van der Waals surface area contributed by atoms with Gasteiger partial charge in [-0.15, -0.1) is 0 Å². The van der Waals surface area contributed by atoms with Crippen molar-refractivity contribution in [3.8, 4) is 68.9 Å². The van der Waals surface area contributed by atoms with Crippen LogP contribution in [0.1, 0.15) is 103 Å². The fourth-order valence-electron chi connectivity index (χ4n) is 10.6. The van der Waals surface area contributed by atoms with E-state index in [-0.39, 0.29) is 82.2 Å². The zero-order valence-electron chi connectivity index (χ0n) is 53.4. The van der Waals surface area contributed by atoms with E-state index in [1.807, 2.05) is 85.8 Å². The van der Waals surface area contributed by atoms with Crippen LogP contribution in [0.4, 0.5) is 0 Å². The maximum atomic E-state index is 13.7. The number of ether oxygens (including phenoxy) is 9. The second-order valence-corrected chi connectivity index (χ2v) is 22.9. The van der Waals surface area contributed by atoms with Gasteiger partial charge >= 0.3 is 35.8 Å². The molecule has 1 aliphatic rings. The quantitative estimate of drug-likeness (QED) is 0.0207. The Morgan fingerprint density at radius 2 is 0.673 bits per heavy atom. The molecule has 9 aromatic rings. The number of esters is 6. The molecule has 1 aliphatic carbocycles. The number of amides is 1. The van der Waals surface area contributed by atoms with Crippen LogP contribution < -0.4 is 33.7 Å². The Balaban J connectivity index is 0.669. The van der Waals surface area contributed by atoms with Gasteiger partial charge < -0.3 is 47.9 Å². The first kappa shape index (κ1) is 68.5. The van der Waals surface area contributed by atoms with E-state index in [0.29, 0.717) is 69.4 Å². The standard InChI is InChI=1S/C79H67N3O16/c1-52(55-7-3-2-4-8-55)82-73(83)60-21-39-72(40-22-60)98-79(89)63-27-33-69(34-28-63)92-45-46-95-76(86)66-48-64(74(84)93-43-5-41-90-67-29-23-61(24-30-67)77(87)96-70-35-17-58(18-36-70)56-13-9-53(50-80)10-14-56)47-65(49-66)75(85)94-44-6-42-91-68-31-25-62(26-32-68)78(88)97-71-37-19-59(20-38-71)57-15-11-54(51-81)12-16-57/h2-4,7-40,52,64-66H,5-6,41-49H2,1H3,(H,82,83)/t52-,64-,65+,66?/m1/s1. The molecule has 1 saturated carbocycles. The van der Waals surface area contributed by atoms with Crippen molar-refractivity contribution in [2.45, 2.75) is 45.1 Å². The molecule has 494 valence electrons. The van der Waals surface area contributed by atoms with Gasteiger partial charge in [0.25, 0.3) is 5.91 Å². The van der Waals surface area contributed by atoms with Crippen molar-refractivity contribution in [3.63, 3.8) is 0 Å².